The van der Waals surface area contributed by atoms with Gasteiger partial charge in [-0.3, -0.25) is 9.59 Å². The summed E-state index contributed by atoms with van der Waals surface area (Å²) >= 11 is 6.32. The van der Waals surface area contributed by atoms with Gasteiger partial charge in [0.1, 0.15) is 12.0 Å². The molecule has 1 aliphatic rings. The van der Waals surface area contributed by atoms with Crippen LogP contribution in [0.4, 0.5) is 0 Å². The Kier molecular flexibility index (Phi) is 6.14. The van der Waals surface area contributed by atoms with Gasteiger partial charge in [-0.25, -0.2) is 0 Å². The highest BCUT2D eigenvalue weighted by Gasteiger charge is 2.22. The van der Waals surface area contributed by atoms with Crippen molar-refractivity contribution in [1.82, 2.24) is 9.80 Å². The maximum atomic E-state index is 13.0. The van der Waals surface area contributed by atoms with E-state index in [1.807, 2.05) is 46.2 Å². The topological polar surface area (TPSA) is 49.9 Å². The summed E-state index contributed by atoms with van der Waals surface area (Å²) in [6.45, 7) is 2.58. The number of halogens is 1. The van der Waals surface area contributed by atoms with Crippen molar-refractivity contribution in [3.63, 3.8) is 0 Å². The maximum absolute atomic E-state index is 13.0. The molecule has 140 valence electrons. The lowest BCUT2D eigenvalue weighted by molar-refractivity contribution is -0.104. The molecular formula is C21H21ClN2O3. The quantitative estimate of drug-likeness (QED) is 0.585. The van der Waals surface area contributed by atoms with Gasteiger partial charge in [0.2, 0.25) is 0 Å². The van der Waals surface area contributed by atoms with Gasteiger partial charge in [0.05, 0.1) is 7.11 Å². The SMILES string of the molecule is COc1cc(C(=O)N2CCN(C=CC=O)CC2)cc(-c2ccccc2Cl)c1. The van der Waals surface area contributed by atoms with E-state index in [0.717, 1.165) is 17.4 Å². The Bertz CT molecular complexity index is 858. The van der Waals surface area contributed by atoms with E-state index in [4.69, 9.17) is 16.3 Å². The summed E-state index contributed by atoms with van der Waals surface area (Å²) in [5.74, 6) is 0.574. The van der Waals surface area contributed by atoms with Crippen LogP contribution in [0.1, 0.15) is 10.4 Å². The zero-order chi connectivity index (χ0) is 19.2. The minimum Gasteiger partial charge on any atom is -0.497 e. The highest BCUT2D eigenvalue weighted by atomic mass is 35.5. The molecule has 1 aliphatic heterocycles. The second kappa shape index (κ2) is 8.73. The van der Waals surface area contributed by atoms with Gasteiger partial charge in [-0.15, -0.1) is 0 Å². The number of benzene rings is 2. The summed E-state index contributed by atoms with van der Waals surface area (Å²) in [7, 11) is 1.58. The predicted molar refractivity (Wildman–Crippen MR) is 106 cm³/mol. The van der Waals surface area contributed by atoms with Gasteiger partial charge in [-0.05, 0) is 35.9 Å². The number of ether oxygens (including phenoxy) is 1. The minimum absolute atomic E-state index is 0.0405. The van der Waals surface area contributed by atoms with Crippen molar-refractivity contribution in [3.8, 4) is 16.9 Å². The Morgan fingerprint density at radius 2 is 1.85 bits per heavy atom. The molecule has 1 amide bonds. The molecule has 2 aromatic carbocycles. The van der Waals surface area contributed by atoms with Crippen LogP contribution in [0.3, 0.4) is 0 Å². The molecule has 27 heavy (non-hydrogen) atoms. The van der Waals surface area contributed by atoms with Crippen molar-refractivity contribution in [2.45, 2.75) is 0 Å². The average Bonchev–Trinajstić information content (AvgIpc) is 2.72. The van der Waals surface area contributed by atoms with Crippen molar-refractivity contribution in [2.75, 3.05) is 33.3 Å². The third kappa shape index (κ3) is 4.49. The van der Waals surface area contributed by atoms with Gasteiger partial charge in [-0.1, -0.05) is 29.8 Å². The summed E-state index contributed by atoms with van der Waals surface area (Å²) in [6, 6.07) is 13.0. The van der Waals surface area contributed by atoms with Crippen LogP contribution in [0.15, 0.2) is 54.7 Å². The number of nitrogens with zero attached hydrogens (tertiary/aromatic N) is 2. The third-order valence-corrected chi connectivity index (χ3v) is 4.88. The number of allylic oxidation sites excluding steroid dienone is 1. The van der Waals surface area contributed by atoms with E-state index in [9.17, 15) is 9.59 Å². The lowest BCUT2D eigenvalue weighted by Crippen LogP contribution is -2.46. The summed E-state index contributed by atoms with van der Waals surface area (Å²) in [4.78, 5) is 27.3. The lowest BCUT2D eigenvalue weighted by Gasteiger charge is -2.34. The molecule has 2 aromatic rings. The molecule has 0 radical (unpaired) electrons. The summed E-state index contributed by atoms with van der Waals surface area (Å²) in [5, 5.41) is 0.625. The smallest absolute Gasteiger partial charge is 0.254 e. The standard InChI is InChI=1S/C21H21ClN2O3/c1-27-18-14-16(19-5-2-3-6-20(19)22)13-17(15-18)21(26)24-10-8-23(9-11-24)7-4-12-25/h2-7,12-15H,8-11H2,1H3. The second-order valence-corrected chi connectivity index (χ2v) is 6.64. The Hall–Kier alpha value is -2.79. The van der Waals surface area contributed by atoms with E-state index < -0.39 is 0 Å². The van der Waals surface area contributed by atoms with Crippen LogP contribution in [0.25, 0.3) is 11.1 Å². The van der Waals surface area contributed by atoms with Crippen molar-refractivity contribution < 1.29 is 14.3 Å². The minimum atomic E-state index is -0.0405. The maximum Gasteiger partial charge on any atom is 0.254 e. The molecule has 1 saturated heterocycles. The van der Waals surface area contributed by atoms with Crippen LogP contribution in [0.5, 0.6) is 5.75 Å². The van der Waals surface area contributed by atoms with E-state index in [-0.39, 0.29) is 5.91 Å². The van der Waals surface area contributed by atoms with Gasteiger partial charge in [0, 0.05) is 48.5 Å². The Balaban J connectivity index is 1.83. The van der Waals surface area contributed by atoms with Gasteiger partial charge in [0.15, 0.2) is 0 Å². The van der Waals surface area contributed by atoms with E-state index in [0.29, 0.717) is 42.5 Å². The zero-order valence-electron chi connectivity index (χ0n) is 15.1. The molecule has 0 aliphatic carbocycles. The van der Waals surface area contributed by atoms with Crippen LogP contribution in [-0.2, 0) is 4.79 Å². The molecule has 5 nitrogen and oxygen atoms in total. The molecule has 3 rings (SSSR count). The number of amides is 1. The van der Waals surface area contributed by atoms with Crippen LogP contribution in [0, 0.1) is 0 Å². The fourth-order valence-electron chi connectivity index (χ4n) is 3.10. The fourth-order valence-corrected chi connectivity index (χ4v) is 3.35. The van der Waals surface area contributed by atoms with E-state index in [1.54, 1.807) is 19.4 Å². The first kappa shape index (κ1) is 19.0. The predicted octanol–water partition coefficient (Wildman–Crippen LogP) is 3.49. The van der Waals surface area contributed by atoms with Gasteiger partial charge >= 0.3 is 0 Å². The highest BCUT2D eigenvalue weighted by Crippen LogP contribution is 2.31. The molecule has 0 bridgehead atoms. The van der Waals surface area contributed by atoms with E-state index in [2.05, 4.69) is 0 Å². The second-order valence-electron chi connectivity index (χ2n) is 6.24. The molecule has 0 saturated carbocycles. The van der Waals surface area contributed by atoms with Gasteiger partial charge < -0.3 is 14.5 Å². The number of hydrogen-bond acceptors (Lipinski definition) is 4. The average molecular weight is 385 g/mol. The number of carbonyl (C=O) groups is 2. The van der Waals surface area contributed by atoms with Gasteiger partial charge in [-0.2, -0.15) is 0 Å². The Labute approximate surface area is 163 Å². The summed E-state index contributed by atoms with van der Waals surface area (Å²) < 4.78 is 5.39. The third-order valence-electron chi connectivity index (χ3n) is 4.55. The van der Waals surface area contributed by atoms with Crippen LogP contribution < -0.4 is 4.74 Å². The number of rotatable bonds is 5. The van der Waals surface area contributed by atoms with Crippen molar-refractivity contribution >= 4 is 23.8 Å². The highest BCUT2D eigenvalue weighted by molar-refractivity contribution is 6.33. The van der Waals surface area contributed by atoms with E-state index in [1.165, 1.54) is 6.08 Å². The monoisotopic (exact) mass is 384 g/mol. The molecule has 1 heterocycles. The summed E-state index contributed by atoms with van der Waals surface area (Å²) in [6.07, 6.45) is 3.98. The molecule has 0 spiro atoms. The molecular weight excluding hydrogens is 364 g/mol. The molecule has 0 N–H and O–H groups in total. The Morgan fingerprint density at radius 1 is 1.11 bits per heavy atom. The van der Waals surface area contributed by atoms with E-state index >= 15 is 0 Å². The first-order valence-electron chi connectivity index (χ1n) is 8.71. The van der Waals surface area contributed by atoms with Crippen LogP contribution in [0.2, 0.25) is 5.02 Å². The lowest BCUT2D eigenvalue weighted by atomic mass is 10.0. The number of piperazine rings is 1. The number of methoxy groups -OCH3 is 1. The normalized spacial score (nSPS) is 14.4. The number of aldehydes is 1. The largest absolute Gasteiger partial charge is 0.497 e. The molecule has 0 aromatic heterocycles. The van der Waals surface area contributed by atoms with Gasteiger partial charge in [0.25, 0.3) is 5.91 Å². The first-order chi connectivity index (χ1) is 13.1. The molecule has 1 fully saturated rings. The number of hydrogen-bond donors (Lipinski definition) is 0. The van der Waals surface area contributed by atoms with Crippen molar-refractivity contribution in [2.24, 2.45) is 0 Å². The fraction of sp³-hybridized carbons (Fsp3) is 0.238. The summed E-state index contributed by atoms with van der Waals surface area (Å²) in [5.41, 5.74) is 2.27. The first-order valence-corrected chi connectivity index (χ1v) is 9.09. The van der Waals surface area contributed by atoms with Crippen LogP contribution >= 0.6 is 11.6 Å². The number of carbonyl (C=O) groups excluding carboxylic acids is 2. The van der Waals surface area contributed by atoms with Crippen molar-refractivity contribution in [1.29, 1.82) is 0 Å². The van der Waals surface area contributed by atoms with Crippen LogP contribution in [-0.4, -0.2) is 55.3 Å². The Morgan fingerprint density at radius 3 is 2.52 bits per heavy atom. The zero-order valence-corrected chi connectivity index (χ0v) is 15.9. The molecule has 0 atom stereocenters. The molecule has 0 unspecified atom stereocenters. The molecule has 6 heteroatoms. The van der Waals surface area contributed by atoms with Crippen molar-refractivity contribution in [3.05, 3.63) is 65.3 Å².